The van der Waals surface area contributed by atoms with Gasteiger partial charge in [-0.2, -0.15) is 5.10 Å². The summed E-state index contributed by atoms with van der Waals surface area (Å²) in [6.07, 6.45) is 1.89. The lowest BCUT2D eigenvalue weighted by Gasteiger charge is -2.30. The molecule has 0 aromatic carbocycles. The normalized spacial score (nSPS) is 15.1. The van der Waals surface area contributed by atoms with Gasteiger partial charge in [0.15, 0.2) is 0 Å². The molecule has 0 bridgehead atoms. The largest absolute Gasteiger partial charge is 0.349 e. The lowest BCUT2D eigenvalue weighted by Crippen LogP contribution is -2.36. The molecular formula is C20H30N6O2S. The zero-order valence-electron chi connectivity index (χ0n) is 17.6. The van der Waals surface area contributed by atoms with Crippen LogP contribution in [-0.2, 0) is 17.9 Å². The van der Waals surface area contributed by atoms with Crippen molar-refractivity contribution in [3.05, 3.63) is 33.5 Å². The molecule has 8 nitrogen and oxygen atoms in total. The Balaban J connectivity index is 1.63. The number of rotatable bonds is 7. The van der Waals surface area contributed by atoms with Gasteiger partial charge in [0.2, 0.25) is 5.91 Å². The predicted molar refractivity (Wildman–Crippen MR) is 113 cm³/mol. The maximum Gasteiger partial charge on any atom is 0.263 e. The third-order valence-corrected chi connectivity index (χ3v) is 6.21. The van der Waals surface area contributed by atoms with E-state index >= 15 is 0 Å². The molecule has 3 rings (SSSR count). The number of hydrogen-bond acceptors (Lipinski definition) is 6. The second-order valence-corrected chi connectivity index (χ2v) is 8.68. The van der Waals surface area contributed by atoms with Crippen molar-refractivity contribution in [3.63, 3.8) is 0 Å². The average molecular weight is 419 g/mol. The molecule has 2 aromatic heterocycles. The fraction of sp³-hybridized carbons (Fsp3) is 0.600. The average Bonchev–Trinajstić information content (AvgIpc) is 3.27. The minimum absolute atomic E-state index is 0.0804. The van der Waals surface area contributed by atoms with Crippen LogP contribution in [0, 0.1) is 6.92 Å². The van der Waals surface area contributed by atoms with Crippen LogP contribution in [0.25, 0.3) is 0 Å². The number of piperidine rings is 1. The zero-order chi connectivity index (χ0) is 21.0. The first-order chi connectivity index (χ1) is 13.8. The summed E-state index contributed by atoms with van der Waals surface area (Å²) >= 11 is 1.36. The first-order valence-electron chi connectivity index (χ1n) is 10.00. The molecule has 0 unspecified atom stereocenters. The molecule has 1 saturated heterocycles. The summed E-state index contributed by atoms with van der Waals surface area (Å²) in [4.78, 5) is 32.7. The molecular weight excluding hydrogens is 388 g/mol. The highest BCUT2D eigenvalue weighted by Gasteiger charge is 2.25. The number of carbonyl (C=O) groups is 2. The second kappa shape index (κ2) is 9.49. The van der Waals surface area contributed by atoms with Gasteiger partial charge >= 0.3 is 0 Å². The minimum Gasteiger partial charge on any atom is -0.349 e. The Morgan fingerprint density at radius 2 is 2.03 bits per heavy atom. The van der Waals surface area contributed by atoms with E-state index in [2.05, 4.69) is 21.3 Å². The molecule has 9 heteroatoms. The summed E-state index contributed by atoms with van der Waals surface area (Å²) < 4.78 is 2.01. The maximum atomic E-state index is 12.3. The van der Waals surface area contributed by atoms with E-state index in [1.165, 1.54) is 11.3 Å². The second-order valence-electron chi connectivity index (χ2n) is 7.82. The summed E-state index contributed by atoms with van der Waals surface area (Å²) in [6.45, 7) is 6.99. The summed E-state index contributed by atoms with van der Waals surface area (Å²) in [6, 6.07) is 2.18. The van der Waals surface area contributed by atoms with Gasteiger partial charge in [0.05, 0.1) is 29.1 Å². The summed E-state index contributed by atoms with van der Waals surface area (Å²) in [5, 5.41) is 7.83. The molecule has 1 aliphatic heterocycles. The van der Waals surface area contributed by atoms with Gasteiger partial charge in [0.1, 0.15) is 4.88 Å². The number of amides is 2. The van der Waals surface area contributed by atoms with Crippen LogP contribution in [0.15, 0.2) is 11.6 Å². The van der Waals surface area contributed by atoms with Crippen LogP contribution in [0.4, 0.5) is 0 Å². The van der Waals surface area contributed by atoms with Crippen molar-refractivity contribution in [1.29, 1.82) is 0 Å². The number of thiazole rings is 1. The van der Waals surface area contributed by atoms with Crippen molar-refractivity contribution in [3.8, 4) is 0 Å². The molecule has 0 aliphatic carbocycles. The van der Waals surface area contributed by atoms with Gasteiger partial charge in [0.25, 0.3) is 5.91 Å². The standard InChI is InChI=1S/C20H30N6O2S/c1-14-19(29-13-22-14)20(28)21-7-10-26-17(12-24(3)4)11-18(23-26)16-5-8-25(9-6-16)15(2)27/h11,13,16H,5-10,12H2,1-4H3,(H,21,28). The monoisotopic (exact) mass is 418 g/mol. The summed E-state index contributed by atoms with van der Waals surface area (Å²) in [5.41, 5.74) is 4.69. The van der Waals surface area contributed by atoms with E-state index in [1.54, 1.807) is 12.4 Å². The Hall–Kier alpha value is -2.26. The molecule has 0 spiro atoms. The van der Waals surface area contributed by atoms with E-state index in [0.717, 1.165) is 49.6 Å². The number of nitrogens with one attached hydrogen (secondary N) is 1. The van der Waals surface area contributed by atoms with Crippen LogP contribution in [0.1, 0.15) is 52.4 Å². The highest BCUT2D eigenvalue weighted by atomic mass is 32.1. The molecule has 1 aliphatic rings. The van der Waals surface area contributed by atoms with Crippen molar-refractivity contribution in [1.82, 2.24) is 29.9 Å². The lowest BCUT2D eigenvalue weighted by molar-refractivity contribution is -0.129. The highest BCUT2D eigenvalue weighted by Crippen LogP contribution is 2.28. The van der Waals surface area contributed by atoms with Crippen molar-refractivity contribution < 1.29 is 9.59 Å². The smallest absolute Gasteiger partial charge is 0.263 e. The Kier molecular flexibility index (Phi) is 7.02. The van der Waals surface area contributed by atoms with Gasteiger partial charge in [0, 0.05) is 39.0 Å². The van der Waals surface area contributed by atoms with E-state index in [0.29, 0.717) is 23.9 Å². The SMILES string of the molecule is CC(=O)N1CCC(c2cc(CN(C)C)n(CCNC(=O)c3scnc3C)n2)CC1. The first kappa shape index (κ1) is 21.4. The van der Waals surface area contributed by atoms with Crippen LogP contribution in [-0.4, -0.2) is 70.1 Å². The number of aryl methyl sites for hydroxylation is 1. The quantitative estimate of drug-likeness (QED) is 0.742. The number of nitrogens with zero attached hydrogens (tertiary/aromatic N) is 5. The molecule has 158 valence electrons. The third-order valence-electron chi connectivity index (χ3n) is 5.28. The fourth-order valence-electron chi connectivity index (χ4n) is 3.69. The van der Waals surface area contributed by atoms with Crippen LogP contribution in [0.2, 0.25) is 0 Å². The molecule has 2 amide bonds. The topological polar surface area (TPSA) is 83.4 Å². The first-order valence-corrected chi connectivity index (χ1v) is 10.9. The Labute approximate surface area is 175 Å². The van der Waals surface area contributed by atoms with Crippen LogP contribution in [0.3, 0.4) is 0 Å². The van der Waals surface area contributed by atoms with E-state index in [4.69, 9.17) is 5.10 Å². The fourth-order valence-corrected chi connectivity index (χ4v) is 4.41. The number of aromatic nitrogens is 3. The molecule has 0 atom stereocenters. The molecule has 29 heavy (non-hydrogen) atoms. The van der Waals surface area contributed by atoms with E-state index < -0.39 is 0 Å². The van der Waals surface area contributed by atoms with Crippen molar-refractivity contribution >= 4 is 23.2 Å². The number of hydrogen-bond donors (Lipinski definition) is 1. The third kappa shape index (κ3) is 5.42. The highest BCUT2D eigenvalue weighted by molar-refractivity contribution is 7.11. The van der Waals surface area contributed by atoms with Gasteiger partial charge < -0.3 is 15.1 Å². The lowest BCUT2D eigenvalue weighted by atomic mass is 9.93. The van der Waals surface area contributed by atoms with Crippen molar-refractivity contribution in [2.75, 3.05) is 33.7 Å². The summed E-state index contributed by atoms with van der Waals surface area (Å²) in [7, 11) is 4.08. The molecule has 2 aromatic rings. The van der Waals surface area contributed by atoms with Gasteiger partial charge in [-0.3, -0.25) is 14.3 Å². The summed E-state index contributed by atoms with van der Waals surface area (Å²) in [5.74, 6) is 0.444. The van der Waals surface area contributed by atoms with Gasteiger partial charge in [-0.25, -0.2) is 4.98 Å². The zero-order valence-corrected chi connectivity index (χ0v) is 18.5. The van der Waals surface area contributed by atoms with Crippen molar-refractivity contribution in [2.24, 2.45) is 0 Å². The van der Waals surface area contributed by atoms with E-state index in [9.17, 15) is 9.59 Å². The van der Waals surface area contributed by atoms with Gasteiger partial charge in [-0.15, -0.1) is 11.3 Å². The predicted octanol–water partition coefficient (Wildman–Crippen LogP) is 1.87. The van der Waals surface area contributed by atoms with Crippen LogP contribution >= 0.6 is 11.3 Å². The van der Waals surface area contributed by atoms with Crippen molar-refractivity contribution in [2.45, 2.75) is 45.7 Å². The number of carbonyl (C=O) groups excluding carboxylic acids is 2. The maximum absolute atomic E-state index is 12.3. The van der Waals surface area contributed by atoms with E-state index in [-0.39, 0.29) is 11.8 Å². The molecule has 0 saturated carbocycles. The van der Waals surface area contributed by atoms with E-state index in [1.807, 2.05) is 30.6 Å². The van der Waals surface area contributed by atoms with Crippen LogP contribution < -0.4 is 5.32 Å². The van der Waals surface area contributed by atoms with Crippen LogP contribution in [0.5, 0.6) is 0 Å². The Morgan fingerprint density at radius 1 is 1.31 bits per heavy atom. The molecule has 1 fully saturated rings. The number of likely N-dealkylation sites (tertiary alicyclic amines) is 1. The molecule has 0 radical (unpaired) electrons. The van der Waals surface area contributed by atoms with Gasteiger partial charge in [-0.1, -0.05) is 0 Å². The van der Waals surface area contributed by atoms with Gasteiger partial charge in [-0.05, 0) is 39.9 Å². The molecule has 3 heterocycles. The molecule has 1 N–H and O–H groups in total. The Morgan fingerprint density at radius 3 is 2.62 bits per heavy atom. The Bertz CT molecular complexity index is 851. The minimum atomic E-state index is -0.0804.